The highest BCUT2D eigenvalue weighted by Crippen LogP contribution is 2.38. The predicted molar refractivity (Wildman–Crippen MR) is 95.8 cm³/mol. The van der Waals surface area contributed by atoms with E-state index >= 15 is 0 Å². The van der Waals surface area contributed by atoms with Crippen molar-refractivity contribution in [2.75, 3.05) is 19.8 Å². The summed E-state index contributed by atoms with van der Waals surface area (Å²) >= 11 is 0. The van der Waals surface area contributed by atoms with Gasteiger partial charge in [0.2, 0.25) is 5.91 Å². The predicted octanol–water partition coefficient (Wildman–Crippen LogP) is 2.69. The Morgan fingerprint density at radius 3 is 2.61 bits per heavy atom. The second-order valence-electron chi connectivity index (χ2n) is 6.40. The van der Waals surface area contributed by atoms with Gasteiger partial charge in [-0.2, -0.15) is 0 Å². The maximum Gasteiger partial charge on any atom is 0.220 e. The van der Waals surface area contributed by atoms with Crippen molar-refractivity contribution in [3.05, 3.63) is 35.9 Å². The van der Waals surface area contributed by atoms with Crippen LogP contribution in [0.2, 0.25) is 0 Å². The van der Waals surface area contributed by atoms with Crippen LogP contribution in [0.15, 0.2) is 30.3 Å². The van der Waals surface area contributed by atoms with E-state index in [4.69, 9.17) is 10.5 Å². The molecule has 1 saturated carbocycles. The van der Waals surface area contributed by atoms with E-state index in [2.05, 4.69) is 24.4 Å². The number of hydrogen-bond acceptors (Lipinski definition) is 3. The average Bonchev–Trinajstić information content (AvgIpc) is 3.37. The third kappa shape index (κ3) is 6.90. The third-order valence-corrected chi connectivity index (χ3v) is 4.40. The number of nitrogens with two attached hydrogens (primary N) is 1. The topological polar surface area (TPSA) is 64.3 Å². The molecule has 0 spiro atoms. The molecule has 0 bridgehead atoms. The normalized spacial score (nSPS) is 16.3. The second kappa shape index (κ2) is 9.91. The quantitative estimate of drug-likeness (QED) is 0.644. The van der Waals surface area contributed by atoms with Crippen molar-refractivity contribution in [3.63, 3.8) is 0 Å². The molecular formula is C18H29ClN2O2. The smallest absolute Gasteiger partial charge is 0.220 e. The van der Waals surface area contributed by atoms with Crippen molar-refractivity contribution < 1.29 is 9.53 Å². The van der Waals surface area contributed by atoms with Crippen LogP contribution in [0.5, 0.6) is 0 Å². The minimum absolute atomic E-state index is 0. The van der Waals surface area contributed by atoms with Crippen molar-refractivity contribution in [2.45, 2.75) is 44.6 Å². The van der Waals surface area contributed by atoms with Gasteiger partial charge in [0.1, 0.15) is 0 Å². The van der Waals surface area contributed by atoms with Gasteiger partial charge in [-0.15, -0.1) is 12.4 Å². The van der Waals surface area contributed by atoms with Crippen LogP contribution < -0.4 is 11.1 Å². The average molecular weight is 341 g/mol. The van der Waals surface area contributed by atoms with Crippen LogP contribution in [0.4, 0.5) is 0 Å². The van der Waals surface area contributed by atoms with Gasteiger partial charge in [0.25, 0.3) is 0 Å². The van der Waals surface area contributed by atoms with Crippen LogP contribution in [-0.4, -0.2) is 31.2 Å². The van der Waals surface area contributed by atoms with Gasteiger partial charge in [-0.3, -0.25) is 4.79 Å². The Hall–Kier alpha value is -1.10. The number of amides is 1. The Labute approximate surface area is 145 Å². The molecule has 1 unspecified atom stereocenters. The van der Waals surface area contributed by atoms with Crippen molar-refractivity contribution in [1.82, 2.24) is 5.32 Å². The van der Waals surface area contributed by atoms with E-state index in [1.165, 1.54) is 18.4 Å². The van der Waals surface area contributed by atoms with E-state index in [9.17, 15) is 4.79 Å². The molecule has 1 aromatic rings. The van der Waals surface area contributed by atoms with Crippen LogP contribution in [0.3, 0.4) is 0 Å². The number of rotatable bonds is 10. The number of ether oxygens (including phenoxy) is 1. The summed E-state index contributed by atoms with van der Waals surface area (Å²) in [7, 11) is 0. The van der Waals surface area contributed by atoms with E-state index in [-0.39, 0.29) is 23.9 Å². The minimum Gasteiger partial charge on any atom is -0.381 e. The number of nitrogens with one attached hydrogen (secondary N) is 1. The zero-order chi connectivity index (χ0) is 15.8. The van der Waals surface area contributed by atoms with Crippen LogP contribution in [0.25, 0.3) is 0 Å². The van der Waals surface area contributed by atoms with E-state index in [1.807, 2.05) is 18.2 Å². The van der Waals surface area contributed by atoms with Crippen molar-refractivity contribution in [3.8, 4) is 0 Å². The van der Waals surface area contributed by atoms with Crippen molar-refractivity contribution >= 4 is 18.3 Å². The van der Waals surface area contributed by atoms with Gasteiger partial charge in [-0.05, 0) is 44.1 Å². The first-order chi connectivity index (χ1) is 10.6. The van der Waals surface area contributed by atoms with Gasteiger partial charge in [-0.1, -0.05) is 30.3 Å². The molecule has 1 aliphatic rings. The van der Waals surface area contributed by atoms with Crippen LogP contribution >= 0.6 is 12.4 Å². The highest BCUT2D eigenvalue weighted by Gasteiger charge is 2.41. The molecule has 130 valence electrons. The monoisotopic (exact) mass is 340 g/mol. The molecule has 1 amide bonds. The molecule has 0 aromatic heterocycles. The summed E-state index contributed by atoms with van der Waals surface area (Å²) < 4.78 is 5.60. The maximum atomic E-state index is 12.0. The summed E-state index contributed by atoms with van der Waals surface area (Å²) in [5, 5.41) is 3.10. The Balaban J connectivity index is 0.00000264. The summed E-state index contributed by atoms with van der Waals surface area (Å²) in [5.41, 5.74) is 6.87. The Morgan fingerprint density at radius 1 is 1.30 bits per heavy atom. The first-order valence-corrected chi connectivity index (χ1v) is 8.27. The number of carbonyl (C=O) groups excluding carboxylic acids is 1. The molecule has 1 atom stereocenters. The van der Waals surface area contributed by atoms with Crippen molar-refractivity contribution in [2.24, 2.45) is 11.7 Å². The SMILES string of the molecule is CC(CN)(NC(=O)CCCOCCc1ccccc1)C1CC1.Cl. The lowest BCUT2D eigenvalue weighted by atomic mass is 9.95. The summed E-state index contributed by atoms with van der Waals surface area (Å²) in [6.07, 6.45) is 4.53. The molecule has 23 heavy (non-hydrogen) atoms. The van der Waals surface area contributed by atoms with E-state index in [0.29, 0.717) is 32.1 Å². The fourth-order valence-corrected chi connectivity index (χ4v) is 2.69. The molecule has 1 aromatic carbocycles. The summed E-state index contributed by atoms with van der Waals surface area (Å²) in [4.78, 5) is 12.0. The van der Waals surface area contributed by atoms with Gasteiger partial charge in [-0.25, -0.2) is 0 Å². The number of benzene rings is 1. The standard InChI is InChI=1S/C18H28N2O2.ClH/c1-18(14-19,16-9-10-16)20-17(21)8-5-12-22-13-11-15-6-3-2-4-7-15;/h2-4,6-7,16H,5,8-14,19H2,1H3,(H,20,21);1H. The lowest BCUT2D eigenvalue weighted by Crippen LogP contribution is -2.53. The fourth-order valence-electron chi connectivity index (χ4n) is 2.69. The van der Waals surface area contributed by atoms with Crippen LogP contribution in [0.1, 0.15) is 38.2 Å². The Bertz CT molecular complexity index is 465. The Morgan fingerprint density at radius 2 is 2.00 bits per heavy atom. The van der Waals surface area contributed by atoms with Gasteiger partial charge in [0.15, 0.2) is 0 Å². The number of carbonyl (C=O) groups is 1. The first kappa shape index (κ1) is 19.9. The molecule has 1 aliphatic carbocycles. The molecule has 0 aliphatic heterocycles. The van der Waals surface area contributed by atoms with Gasteiger partial charge in [0, 0.05) is 19.6 Å². The summed E-state index contributed by atoms with van der Waals surface area (Å²) in [6, 6.07) is 10.3. The highest BCUT2D eigenvalue weighted by atomic mass is 35.5. The fraction of sp³-hybridized carbons (Fsp3) is 0.611. The molecule has 1 fully saturated rings. The molecule has 3 N–H and O–H groups in total. The van der Waals surface area contributed by atoms with Crippen LogP contribution in [0, 0.1) is 5.92 Å². The first-order valence-electron chi connectivity index (χ1n) is 8.27. The van der Waals surface area contributed by atoms with Crippen LogP contribution in [-0.2, 0) is 16.0 Å². The second-order valence-corrected chi connectivity index (χ2v) is 6.40. The lowest BCUT2D eigenvalue weighted by molar-refractivity contribution is -0.123. The van der Waals surface area contributed by atoms with Gasteiger partial charge >= 0.3 is 0 Å². The molecule has 2 rings (SSSR count). The Kier molecular flexibility index (Phi) is 8.59. The molecule has 4 nitrogen and oxygen atoms in total. The highest BCUT2D eigenvalue weighted by molar-refractivity contribution is 5.85. The minimum atomic E-state index is -0.217. The molecule has 0 saturated heterocycles. The largest absolute Gasteiger partial charge is 0.381 e. The third-order valence-electron chi connectivity index (χ3n) is 4.40. The van der Waals surface area contributed by atoms with E-state index in [1.54, 1.807) is 0 Å². The molecule has 0 heterocycles. The zero-order valence-corrected chi connectivity index (χ0v) is 14.7. The molecule has 5 heteroatoms. The molecule has 0 radical (unpaired) electrons. The summed E-state index contributed by atoms with van der Waals surface area (Å²) in [5.74, 6) is 0.648. The van der Waals surface area contributed by atoms with Gasteiger partial charge in [0.05, 0.1) is 12.1 Å². The van der Waals surface area contributed by atoms with E-state index in [0.717, 1.165) is 12.8 Å². The van der Waals surface area contributed by atoms with Crippen molar-refractivity contribution in [1.29, 1.82) is 0 Å². The lowest BCUT2D eigenvalue weighted by Gasteiger charge is -2.29. The number of hydrogen-bond donors (Lipinski definition) is 2. The summed E-state index contributed by atoms with van der Waals surface area (Å²) in [6.45, 7) is 3.90. The van der Waals surface area contributed by atoms with E-state index < -0.39 is 0 Å². The molecular weight excluding hydrogens is 312 g/mol. The maximum absolute atomic E-state index is 12.0. The zero-order valence-electron chi connectivity index (χ0n) is 13.9. The van der Waals surface area contributed by atoms with Gasteiger partial charge < -0.3 is 15.8 Å². The number of halogens is 1.